The van der Waals surface area contributed by atoms with Gasteiger partial charge in [-0.3, -0.25) is 14.2 Å². The molecule has 9 heteroatoms. The molecule has 33 heavy (non-hydrogen) atoms. The summed E-state index contributed by atoms with van der Waals surface area (Å²) in [7, 11) is 3.72. The number of nitrogens with zero attached hydrogens (tertiary/aromatic N) is 4. The molecule has 7 nitrogen and oxygen atoms in total. The second-order valence-corrected chi connectivity index (χ2v) is 10.7. The predicted molar refractivity (Wildman–Crippen MR) is 133 cm³/mol. The lowest BCUT2D eigenvalue weighted by atomic mass is 10.1. The highest BCUT2D eigenvalue weighted by molar-refractivity contribution is 7.99. The van der Waals surface area contributed by atoms with Gasteiger partial charge in [-0.05, 0) is 62.6 Å². The molecule has 4 heterocycles. The summed E-state index contributed by atoms with van der Waals surface area (Å²) in [5, 5.41) is 1.29. The number of methoxy groups -OCH3 is 1. The van der Waals surface area contributed by atoms with Gasteiger partial charge in [-0.25, -0.2) is 4.98 Å². The van der Waals surface area contributed by atoms with Gasteiger partial charge in [0.1, 0.15) is 10.6 Å². The molecule has 2 aliphatic rings. The van der Waals surface area contributed by atoms with E-state index < -0.39 is 0 Å². The van der Waals surface area contributed by atoms with Crippen LogP contribution in [0.2, 0.25) is 0 Å². The van der Waals surface area contributed by atoms with Crippen molar-refractivity contribution in [1.29, 1.82) is 0 Å². The summed E-state index contributed by atoms with van der Waals surface area (Å²) in [6, 6.07) is 7.43. The average Bonchev–Trinajstić information content (AvgIpc) is 3.20. The monoisotopic (exact) mass is 484 g/mol. The lowest BCUT2D eigenvalue weighted by Gasteiger charge is -2.26. The molecular weight excluding hydrogens is 456 g/mol. The van der Waals surface area contributed by atoms with Gasteiger partial charge in [0.15, 0.2) is 5.16 Å². The zero-order chi connectivity index (χ0) is 22.9. The molecule has 0 aliphatic carbocycles. The van der Waals surface area contributed by atoms with Gasteiger partial charge in [0.25, 0.3) is 5.56 Å². The maximum absolute atomic E-state index is 13.8. The first-order chi connectivity index (χ1) is 16.0. The van der Waals surface area contributed by atoms with Gasteiger partial charge in [-0.2, -0.15) is 0 Å². The van der Waals surface area contributed by atoms with Gasteiger partial charge in [0, 0.05) is 31.1 Å². The van der Waals surface area contributed by atoms with E-state index in [-0.39, 0.29) is 17.2 Å². The quantitative estimate of drug-likeness (QED) is 0.408. The number of amides is 1. The number of thiophene rings is 1. The third kappa shape index (κ3) is 4.41. The Balaban J connectivity index is 1.56. The number of hydrogen-bond acceptors (Lipinski definition) is 7. The van der Waals surface area contributed by atoms with Gasteiger partial charge in [0.2, 0.25) is 5.91 Å². The number of rotatable bonds is 5. The van der Waals surface area contributed by atoms with Crippen LogP contribution in [-0.4, -0.2) is 64.8 Å². The molecule has 0 unspecified atom stereocenters. The molecule has 2 aliphatic heterocycles. The molecule has 1 fully saturated rings. The highest BCUT2D eigenvalue weighted by Crippen LogP contribution is 2.34. The van der Waals surface area contributed by atoms with Crippen LogP contribution >= 0.6 is 23.1 Å². The van der Waals surface area contributed by atoms with Crippen LogP contribution in [0, 0.1) is 0 Å². The Morgan fingerprint density at radius 2 is 1.91 bits per heavy atom. The third-order valence-corrected chi connectivity index (χ3v) is 8.43. The van der Waals surface area contributed by atoms with E-state index in [9.17, 15) is 9.59 Å². The molecule has 1 saturated heterocycles. The summed E-state index contributed by atoms with van der Waals surface area (Å²) in [6.07, 6.45) is 4.16. The predicted octanol–water partition coefficient (Wildman–Crippen LogP) is 3.55. The number of carbonyl (C=O) groups excluding carboxylic acids is 1. The minimum atomic E-state index is -0.0554. The van der Waals surface area contributed by atoms with Crippen molar-refractivity contribution in [2.45, 2.75) is 37.4 Å². The number of hydrogen-bond donors (Lipinski definition) is 0. The van der Waals surface area contributed by atoms with Gasteiger partial charge in [-0.1, -0.05) is 11.8 Å². The van der Waals surface area contributed by atoms with Crippen molar-refractivity contribution in [3.8, 4) is 11.4 Å². The van der Waals surface area contributed by atoms with E-state index in [2.05, 4.69) is 11.9 Å². The molecule has 174 valence electrons. The molecule has 3 aromatic rings. The Morgan fingerprint density at radius 3 is 2.64 bits per heavy atom. The number of benzene rings is 1. The van der Waals surface area contributed by atoms with Crippen molar-refractivity contribution in [3.63, 3.8) is 0 Å². The van der Waals surface area contributed by atoms with Crippen molar-refractivity contribution in [2.24, 2.45) is 0 Å². The van der Waals surface area contributed by atoms with E-state index in [1.54, 1.807) is 23.0 Å². The largest absolute Gasteiger partial charge is 0.497 e. The van der Waals surface area contributed by atoms with Crippen LogP contribution in [-0.2, 0) is 17.8 Å². The molecule has 0 bridgehead atoms. The van der Waals surface area contributed by atoms with Crippen molar-refractivity contribution in [1.82, 2.24) is 19.4 Å². The zero-order valence-electron chi connectivity index (χ0n) is 19.0. The first kappa shape index (κ1) is 22.4. The zero-order valence-corrected chi connectivity index (χ0v) is 20.6. The molecule has 2 aromatic heterocycles. The number of carbonyl (C=O) groups is 1. The molecule has 5 rings (SSSR count). The standard InChI is InChI=1S/C24H28N4O3S2/c1-26-13-10-18-19(14-26)33-22-21(18)23(30)28(16-6-8-17(31-2)9-7-16)24(25-22)32-15-20(29)27-11-4-3-5-12-27/h6-9H,3-5,10-15H2,1-2H3. The minimum absolute atomic E-state index is 0.0554. The fourth-order valence-corrected chi connectivity index (χ4v) is 6.82. The number of fused-ring (bicyclic) bond motifs is 3. The smallest absolute Gasteiger partial charge is 0.267 e. The van der Waals surface area contributed by atoms with Crippen LogP contribution in [0.3, 0.4) is 0 Å². The second-order valence-electron chi connectivity index (χ2n) is 8.63. The van der Waals surface area contributed by atoms with Gasteiger partial charge >= 0.3 is 0 Å². The van der Waals surface area contributed by atoms with Crippen LogP contribution in [0.1, 0.15) is 29.7 Å². The summed E-state index contributed by atoms with van der Waals surface area (Å²) >= 11 is 2.96. The summed E-state index contributed by atoms with van der Waals surface area (Å²) < 4.78 is 6.96. The number of ether oxygens (including phenoxy) is 1. The maximum Gasteiger partial charge on any atom is 0.267 e. The first-order valence-corrected chi connectivity index (χ1v) is 13.2. The topological polar surface area (TPSA) is 67.7 Å². The van der Waals surface area contributed by atoms with Crippen molar-refractivity contribution in [3.05, 3.63) is 45.1 Å². The second kappa shape index (κ2) is 9.48. The third-order valence-electron chi connectivity index (χ3n) is 6.40. The van der Waals surface area contributed by atoms with Crippen molar-refractivity contribution < 1.29 is 9.53 Å². The molecule has 1 aromatic carbocycles. The summed E-state index contributed by atoms with van der Waals surface area (Å²) in [5.41, 5.74) is 1.81. The SMILES string of the molecule is COc1ccc(-n2c(SCC(=O)N3CCCCC3)nc3sc4c(c3c2=O)CCN(C)C4)cc1. The molecule has 0 N–H and O–H groups in total. The Kier molecular flexibility index (Phi) is 6.44. The maximum atomic E-state index is 13.8. The number of thioether (sulfide) groups is 1. The minimum Gasteiger partial charge on any atom is -0.497 e. The number of likely N-dealkylation sites (N-methyl/N-ethyl adjacent to an activating group) is 1. The average molecular weight is 485 g/mol. The van der Waals surface area contributed by atoms with E-state index in [0.29, 0.717) is 5.16 Å². The summed E-state index contributed by atoms with van der Waals surface area (Å²) in [4.78, 5) is 37.8. The molecule has 1 amide bonds. The first-order valence-electron chi connectivity index (χ1n) is 11.4. The fraction of sp³-hybridized carbons (Fsp3) is 0.458. The molecule has 0 spiro atoms. The van der Waals surface area contributed by atoms with Crippen LogP contribution in [0.15, 0.2) is 34.2 Å². The van der Waals surface area contributed by atoms with E-state index >= 15 is 0 Å². The van der Waals surface area contributed by atoms with E-state index in [0.717, 1.165) is 72.7 Å². The highest BCUT2D eigenvalue weighted by Gasteiger charge is 2.25. The Hall–Kier alpha value is -2.36. The molecule has 0 saturated carbocycles. The molecular formula is C24H28N4O3S2. The van der Waals surface area contributed by atoms with Gasteiger partial charge in [0.05, 0.1) is 23.9 Å². The Morgan fingerprint density at radius 1 is 1.15 bits per heavy atom. The Labute approximate surface area is 201 Å². The molecule has 0 atom stereocenters. The number of aromatic nitrogens is 2. The van der Waals surface area contributed by atoms with E-state index in [4.69, 9.17) is 9.72 Å². The van der Waals surface area contributed by atoms with Gasteiger partial charge in [-0.15, -0.1) is 11.3 Å². The molecule has 0 radical (unpaired) electrons. The van der Waals surface area contributed by atoms with Crippen LogP contribution < -0.4 is 10.3 Å². The van der Waals surface area contributed by atoms with Crippen LogP contribution in [0.5, 0.6) is 5.75 Å². The summed E-state index contributed by atoms with van der Waals surface area (Å²) in [6.45, 7) is 3.42. The van der Waals surface area contributed by atoms with Crippen LogP contribution in [0.4, 0.5) is 0 Å². The lowest BCUT2D eigenvalue weighted by molar-refractivity contribution is -0.129. The van der Waals surface area contributed by atoms with E-state index in [1.165, 1.54) is 23.1 Å². The van der Waals surface area contributed by atoms with Gasteiger partial charge < -0.3 is 14.5 Å². The Bertz CT molecular complexity index is 1230. The summed E-state index contributed by atoms with van der Waals surface area (Å²) in [5.74, 6) is 1.12. The number of likely N-dealkylation sites (tertiary alicyclic amines) is 1. The normalized spacial score (nSPS) is 16.7. The van der Waals surface area contributed by atoms with Crippen molar-refractivity contribution >= 4 is 39.2 Å². The lowest BCUT2D eigenvalue weighted by Crippen LogP contribution is -2.36. The number of piperidine rings is 1. The highest BCUT2D eigenvalue weighted by atomic mass is 32.2. The van der Waals surface area contributed by atoms with Crippen LogP contribution in [0.25, 0.3) is 15.9 Å². The fourth-order valence-electron chi connectivity index (χ4n) is 4.57. The van der Waals surface area contributed by atoms with Crippen molar-refractivity contribution in [2.75, 3.05) is 39.5 Å². The van der Waals surface area contributed by atoms with E-state index in [1.807, 2.05) is 29.2 Å².